The number of sulfone groups is 1. The highest BCUT2D eigenvalue weighted by Gasteiger charge is 2.31. The summed E-state index contributed by atoms with van der Waals surface area (Å²) in [7, 11) is -4.20. The second kappa shape index (κ2) is 8.51. The Balaban J connectivity index is 1.82. The first-order valence-corrected chi connectivity index (χ1v) is 10.4. The van der Waals surface area contributed by atoms with E-state index in [2.05, 4.69) is 24.7 Å². The molecule has 0 spiro atoms. The molecule has 2 heterocycles. The summed E-state index contributed by atoms with van der Waals surface area (Å²) >= 11 is 0.712. The van der Waals surface area contributed by atoms with Gasteiger partial charge in [0.2, 0.25) is 9.84 Å². The molecule has 3 aromatic rings. The van der Waals surface area contributed by atoms with Gasteiger partial charge in [-0.15, -0.1) is 36.5 Å². The Hall–Kier alpha value is -2.98. The fourth-order valence-electron chi connectivity index (χ4n) is 2.29. The van der Waals surface area contributed by atoms with Crippen molar-refractivity contribution in [3.63, 3.8) is 0 Å². The van der Waals surface area contributed by atoms with Crippen molar-refractivity contribution in [3.8, 4) is 16.5 Å². The van der Waals surface area contributed by atoms with Gasteiger partial charge in [0.25, 0.3) is 0 Å². The van der Waals surface area contributed by atoms with Crippen molar-refractivity contribution in [2.45, 2.75) is 29.1 Å². The van der Waals surface area contributed by atoms with Gasteiger partial charge in [0.1, 0.15) is 23.1 Å². The van der Waals surface area contributed by atoms with Crippen molar-refractivity contribution in [3.05, 3.63) is 41.5 Å². The minimum atomic E-state index is -4.93. The predicted molar refractivity (Wildman–Crippen MR) is 97.0 cm³/mol. The number of nitrogens with two attached hydrogens (primary N) is 1. The highest BCUT2D eigenvalue weighted by molar-refractivity contribution is 7.91. The first kappa shape index (κ1) is 23.7. The van der Waals surface area contributed by atoms with E-state index in [4.69, 9.17) is 5.73 Å². The zero-order valence-electron chi connectivity index (χ0n) is 15.3. The van der Waals surface area contributed by atoms with Crippen LogP contribution in [-0.4, -0.2) is 36.3 Å². The quantitative estimate of drug-likeness (QED) is 0.506. The first-order chi connectivity index (χ1) is 14.7. The SMILES string of the molecule is Nc1cc(S(=O)(=O)c2ccc(OC(F)(F)F)cc2)cnc1-c1nnc(COC(F)(F)F)s1. The Morgan fingerprint density at radius 1 is 0.969 bits per heavy atom. The van der Waals surface area contributed by atoms with E-state index in [1.54, 1.807) is 0 Å². The van der Waals surface area contributed by atoms with Gasteiger partial charge >= 0.3 is 12.7 Å². The van der Waals surface area contributed by atoms with Gasteiger partial charge in [0.15, 0.2) is 5.01 Å². The molecule has 172 valence electrons. The third-order valence-corrected chi connectivity index (χ3v) is 6.24. The van der Waals surface area contributed by atoms with Crippen LogP contribution >= 0.6 is 11.3 Å². The predicted octanol–water partition coefficient (Wildman–Crippen LogP) is 3.95. The number of anilines is 1. The number of hydrogen-bond acceptors (Lipinski definition) is 9. The van der Waals surface area contributed by atoms with Gasteiger partial charge in [-0.05, 0) is 30.3 Å². The van der Waals surface area contributed by atoms with Crippen LogP contribution in [0.2, 0.25) is 0 Å². The molecule has 0 aliphatic rings. The lowest BCUT2D eigenvalue weighted by atomic mass is 10.3. The average Bonchev–Trinajstić information content (AvgIpc) is 3.14. The lowest BCUT2D eigenvalue weighted by molar-refractivity contribution is -0.330. The third-order valence-electron chi connectivity index (χ3n) is 3.60. The molecule has 0 unspecified atom stereocenters. The maximum atomic E-state index is 12.7. The molecule has 0 fully saturated rings. The molecule has 0 atom stereocenters. The number of pyridine rings is 1. The number of aromatic nitrogens is 3. The maximum Gasteiger partial charge on any atom is 0.573 e. The summed E-state index contributed by atoms with van der Waals surface area (Å²) in [5.74, 6) is -0.606. The summed E-state index contributed by atoms with van der Waals surface area (Å²) in [6.45, 7) is -0.873. The molecule has 2 N–H and O–H groups in total. The molecule has 0 saturated carbocycles. The van der Waals surface area contributed by atoms with Gasteiger partial charge in [-0.25, -0.2) is 8.42 Å². The summed E-state index contributed by atoms with van der Waals surface area (Å²) in [6.07, 6.45) is -8.86. The molecule has 0 bridgehead atoms. The molecular formula is C16H10F6N4O4S2. The van der Waals surface area contributed by atoms with Gasteiger partial charge in [-0.2, -0.15) is 0 Å². The monoisotopic (exact) mass is 500 g/mol. The van der Waals surface area contributed by atoms with E-state index in [1.807, 2.05) is 0 Å². The van der Waals surface area contributed by atoms with Crippen molar-refractivity contribution < 1.29 is 44.2 Å². The average molecular weight is 500 g/mol. The van der Waals surface area contributed by atoms with Crippen molar-refractivity contribution in [1.29, 1.82) is 0 Å². The number of hydrogen-bond donors (Lipinski definition) is 1. The van der Waals surface area contributed by atoms with E-state index in [0.717, 1.165) is 36.5 Å². The summed E-state index contributed by atoms with van der Waals surface area (Å²) < 4.78 is 106. The number of rotatable bonds is 6. The number of nitrogen functional groups attached to an aromatic ring is 1. The fraction of sp³-hybridized carbons (Fsp3) is 0.188. The van der Waals surface area contributed by atoms with E-state index in [0.29, 0.717) is 11.3 Å². The highest BCUT2D eigenvalue weighted by Crippen LogP contribution is 2.32. The van der Waals surface area contributed by atoms with Crippen LogP contribution in [0.5, 0.6) is 5.75 Å². The van der Waals surface area contributed by atoms with Crippen LogP contribution in [-0.2, 0) is 21.2 Å². The van der Waals surface area contributed by atoms with Gasteiger partial charge in [-0.3, -0.25) is 9.72 Å². The van der Waals surface area contributed by atoms with Crippen molar-refractivity contribution in [2.24, 2.45) is 0 Å². The lowest BCUT2D eigenvalue weighted by Crippen LogP contribution is -2.17. The third kappa shape index (κ3) is 5.83. The van der Waals surface area contributed by atoms with E-state index in [1.165, 1.54) is 0 Å². The molecule has 0 amide bonds. The van der Waals surface area contributed by atoms with Crippen LogP contribution < -0.4 is 10.5 Å². The van der Waals surface area contributed by atoms with Crippen LogP contribution in [0, 0.1) is 0 Å². The highest BCUT2D eigenvalue weighted by atomic mass is 32.2. The Morgan fingerprint density at radius 2 is 1.62 bits per heavy atom. The van der Waals surface area contributed by atoms with Gasteiger partial charge in [0.05, 0.1) is 15.5 Å². The topological polar surface area (TPSA) is 117 Å². The van der Waals surface area contributed by atoms with Crippen LogP contribution in [0.4, 0.5) is 32.0 Å². The Kier molecular flexibility index (Phi) is 6.30. The van der Waals surface area contributed by atoms with E-state index >= 15 is 0 Å². The molecule has 16 heteroatoms. The second-order valence-corrected chi connectivity index (χ2v) is 8.88. The molecule has 3 rings (SSSR count). The van der Waals surface area contributed by atoms with Crippen molar-refractivity contribution in [1.82, 2.24) is 15.2 Å². The van der Waals surface area contributed by atoms with E-state index in [9.17, 15) is 34.8 Å². The van der Waals surface area contributed by atoms with Crippen molar-refractivity contribution in [2.75, 3.05) is 5.73 Å². The molecule has 1 aromatic carbocycles. The first-order valence-electron chi connectivity index (χ1n) is 8.14. The number of alkyl halides is 6. The van der Waals surface area contributed by atoms with Crippen molar-refractivity contribution >= 4 is 26.9 Å². The molecule has 0 aliphatic carbocycles. The van der Waals surface area contributed by atoms with E-state index < -0.39 is 34.9 Å². The molecule has 8 nitrogen and oxygen atoms in total. The summed E-state index contributed by atoms with van der Waals surface area (Å²) in [4.78, 5) is 3.18. The molecule has 0 saturated heterocycles. The summed E-state index contributed by atoms with van der Waals surface area (Å²) in [5.41, 5.74) is 5.65. The zero-order valence-corrected chi connectivity index (χ0v) is 16.9. The second-order valence-electron chi connectivity index (χ2n) is 5.87. The molecule has 2 aromatic heterocycles. The molecule has 32 heavy (non-hydrogen) atoms. The Bertz CT molecular complexity index is 1210. The normalized spacial score (nSPS) is 12.7. The minimum absolute atomic E-state index is 0.0198. The zero-order chi connectivity index (χ0) is 23.7. The minimum Gasteiger partial charge on any atom is -0.406 e. The molecular weight excluding hydrogens is 490 g/mol. The van der Waals surface area contributed by atoms with Gasteiger partial charge < -0.3 is 10.5 Å². The number of nitrogens with zero attached hydrogens (tertiary/aromatic N) is 3. The van der Waals surface area contributed by atoms with Gasteiger partial charge in [-0.1, -0.05) is 11.3 Å². The van der Waals surface area contributed by atoms with Crippen LogP contribution in [0.25, 0.3) is 10.7 Å². The van der Waals surface area contributed by atoms with Gasteiger partial charge in [0, 0.05) is 6.20 Å². The molecule has 0 aliphatic heterocycles. The molecule has 0 radical (unpaired) electrons. The summed E-state index contributed by atoms with van der Waals surface area (Å²) in [5, 5.41) is 7.10. The van der Waals surface area contributed by atoms with Crippen LogP contribution in [0.3, 0.4) is 0 Å². The smallest absolute Gasteiger partial charge is 0.406 e. The lowest BCUT2D eigenvalue weighted by Gasteiger charge is -2.10. The maximum absolute atomic E-state index is 12.7. The Morgan fingerprint density at radius 3 is 2.19 bits per heavy atom. The largest absolute Gasteiger partial charge is 0.573 e. The van der Waals surface area contributed by atoms with Crippen LogP contribution in [0.15, 0.2) is 46.3 Å². The fourth-order valence-corrected chi connectivity index (χ4v) is 4.31. The summed E-state index contributed by atoms with van der Waals surface area (Å²) in [6, 6.07) is 4.52. The standard InChI is InChI=1S/C16H10F6N4O4S2/c17-15(18,19)29-7-12-25-26-14(31-12)13-11(23)5-10(6-24-13)32(27,28)9-3-1-8(2-4-9)30-16(20,21)22/h1-6H,7,23H2. The van der Waals surface area contributed by atoms with Crippen LogP contribution in [0.1, 0.15) is 5.01 Å². The Labute approximate surface area is 179 Å². The number of ether oxygens (including phenoxy) is 2. The number of benzene rings is 1. The number of halogens is 6. The van der Waals surface area contributed by atoms with E-state index in [-0.39, 0.29) is 31.2 Å².